The number of pyridine rings is 1. The van der Waals surface area contributed by atoms with Crippen LogP contribution < -0.4 is 11.1 Å². The highest BCUT2D eigenvalue weighted by Gasteiger charge is 2.00. The summed E-state index contributed by atoms with van der Waals surface area (Å²) in [6.07, 6.45) is 2.93. The molecule has 0 atom stereocenters. The van der Waals surface area contributed by atoms with E-state index in [9.17, 15) is 0 Å². The minimum Gasteiger partial charge on any atom is -0.388 e. The van der Waals surface area contributed by atoms with E-state index in [0.29, 0.717) is 18.1 Å². The molecule has 3 N–H and O–H groups in total. The van der Waals surface area contributed by atoms with Gasteiger partial charge in [-0.05, 0) is 12.1 Å². The second kappa shape index (κ2) is 4.67. The van der Waals surface area contributed by atoms with Crippen molar-refractivity contribution in [3.8, 4) is 0 Å². The minimum atomic E-state index is 0.282. The number of nitrogens with one attached hydrogen (secondary N) is 1. The van der Waals surface area contributed by atoms with Gasteiger partial charge in [0.1, 0.15) is 4.99 Å². The molecule has 2 aromatic heterocycles. The van der Waals surface area contributed by atoms with Crippen molar-refractivity contribution in [2.45, 2.75) is 6.54 Å². The fraction of sp³-hybridized carbons (Fsp3) is 0.111. The van der Waals surface area contributed by atoms with Gasteiger partial charge in [-0.25, -0.2) is 0 Å². The van der Waals surface area contributed by atoms with Gasteiger partial charge in [-0.2, -0.15) is 4.98 Å². The van der Waals surface area contributed by atoms with Gasteiger partial charge in [0, 0.05) is 0 Å². The first-order valence-electron chi connectivity index (χ1n) is 4.50. The maximum Gasteiger partial charge on any atom is 0.213 e. The fourth-order valence-electron chi connectivity index (χ4n) is 1.10. The molecule has 2 aromatic rings. The monoisotopic (exact) mass is 235 g/mol. The summed E-state index contributed by atoms with van der Waals surface area (Å²) >= 11 is 4.80. The van der Waals surface area contributed by atoms with Crippen LogP contribution in [0.1, 0.15) is 11.5 Å². The lowest BCUT2D eigenvalue weighted by Gasteiger charge is -2.03. The summed E-state index contributed by atoms with van der Waals surface area (Å²) in [5.41, 5.74) is 6.87. The predicted molar refractivity (Wildman–Crippen MR) is 61.7 cm³/mol. The Hall–Kier alpha value is -2.02. The SMILES string of the molecule is NC(=S)c1ccc(NCc2ncon2)cn1. The lowest BCUT2D eigenvalue weighted by atomic mass is 10.3. The van der Waals surface area contributed by atoms with Crippen molar-refractivity contribution in [1.29, 1.82) is 0 Å². The van der Waals surface area contributed by atoms with Gasteiger partial charge >= 0.3 is 0 Å². The second-order valence-electron chi connectivity index (χ2n) is 3.00. The molecule has 82 valence electrons. The second-order valence-corrected chi connectivity index (χ2v) is 3.44. The summed E-state index contributed by atoms with van der Waals surface area (Å²) in [6.45, 7) is 0.477. The number of aromatic nitrogens is 3. The van der Waals surface area contributed by atoms with Gasteiger partial charge in [-0.1, -0.05) is 17.4 Å². The molecular weight excluding hydrogens is 226 g/mol. The maximum atomic E-state index is 5.43. The summed E-state index contributed by atoms with van der Waals surface area (Å²) in [5, 5.41) is 6.75. The van der Waals surface area contributed by atoms with Crippen molar-refractivity contribution < 1.29 is 4.52 Å². The number of thiocarbonyl (C=S) groups is 1. The number of nitrogens with two attached hydrogens (primary N) is 1. The zero-order chi connectivity index (χ0) is 11.4. The summed E-state index contributed by atoms with van der Waals surface area (Å²) in [7, 11) is 0. The molecule has 6 nitrogen and oxygen atoms in total. The number of nitrogens with zero attached hydrogens (tertiary/aromatic N) is 3. The molecule has 0 aliphatic rings. The first-order valence-corrected chi connectivity index (χ1v) is 4.91. The van der Waals surface area contributed by atoms with E-state index in [1.807, 2.05) is 6.07 Å². The molecule has 7 heteroatoms. The Morgan fingerprint density at radius 1 is 1.44 bits per heavy atom. The van der Waals surface area contributed by atoms with Crippen LogP contribution in [0.3, 0.4) is 0 Å². The van der Waals surface area contributed by atoms with Crippen LogP contribution in [0.25, 0.3) is 0 Å². The van der Waals surface area contributed by atoms with Gasteiger partial charge in [0.05, 0.1) is 24.1 Å². The molecule has 0 aliphatic carbocycles. The third-order valence-corrected chi connectivity index (χ3v) is 2.08. The highest BCUT2D eigenvalue weighted by molar-refractivity contribution is 7.80. The van der Waals surface area contributed by atoms with Crippen LogP contribution >= 0.6 is 12.2 Å². The molecule has 0 amide bonds. The normalized spacial score (nSPS) is 10.0. The van der Waals surface area contributed by atoms with E-state index >= 15 is 0 Å². The number of rotatable bonds is 4. The molecule has 0 spiro atoms. The van der Waals surface area contributed by atoms with Crippen LogP contribution in [0.5, 0.6) is 0 Å². The van der Waals surface area contributed by atoms with E-state index in [4.69, 9.17) is 18.0 Å². The molecule has 0 aliphatic heterocycles. The van der Waals surface area contributed by atoms with Crippen molar-refractivity contribution in [3.63, 3.8) is 0 Å². The van der Waals surface area contributed by atoms with Gasteiger partial charge in [-0.3, -0.25) is 4.98 Å². The number of hydrogen-bond acceptors (Lipinski definition) is 6. The van der Waals surface area contributed by atoms with Crippen molar-refractivity contribution in [2.24, 2.45) is 5.73 Å². The third kappa shape index (κ3) is 2.51. The molecule has 2 heterocycles. The number of anilines is 1. The van der Waals surface area contributed by atoms with Crippen LogP contribution in [-0.4, -0.2) is 20.1 Å². The van der Waals surface area contributed by atoms with Crippen molar-refractivity contribution in [2.75, 3.05) is 5.32 Å². The Balaban J connectivity index is 1.98. The van der Waals surface area contributed by atoms with Gasteiger partial charge in [0.2, 0.25) is 6.39 Å². The van der Waals surface area contributed by atoms with Crippen molar-refractivity contribution in [3.05, 3.63) is 36.2 Å². The van der Waals surface area contributed by atoms with E-state index in [1.54, 1.807) is 12.3 Å². The molecule has 16 heavy (non-hydrogen) atoms. The molecule has 0 aromatic carbocycles. The average molecular weight is 235 g/mol. The Labute approximate surface area is 96.9 Å². The van der Waals surface area contributed by atoms with E-state index in [-0.39, 0.29) is 4.99 Å². The molecule has 0 radical (unpaired) electrons. The summed E-state index contributed by atoms with van der Waals surface area (Å²) in [4.78, 5) is 8.24. The van der Waals surface area contributed by atoms with Crippen LogP contribution in [0, 0.1) is 0 Å². The van der Waals surface area contributed by atoms with Gasteiger partial charge in [0.15, 0.2) is 5.82 Å². The Morgan fingerprint density at radius 2 is 2.31 bits per heavy atom. The first kappa shape index (κ1) is 10.5. The fourth-order valence-corrected chi connectivity index (χ4v) is 1.22. The van der Waals surface area contributed by atoms with Crippen LogP contribution in [0.4, 0.5) is 5.69 Å². The van der Waals surface area contributed by atoms with E-state index in [0.717, 1.165) is 5.69 Å². The lowest BCUT2D eigenvalue weighted by molar-refractivity contribution is 0.411. The topological polar surface area (TPSA) is 89.9 Å². The van der Waals surface area contributed by atoms with Crippen molar-refractivity contribution in [1.82, 2.24) is 15.1 Å². The van der Waals surface area contributed by atoms with Crippen LogP contribution in [0.15, 0.2) is 29.2 Å². The lowest BCUT2D eigenvalue weighted by Crippen LogP contribution is -2.11. The molecule has 0 saturated heterocycles. The highest BCUT2D eigenvalue weighted by atomic mass is 32.1. The highest BCUT2D eigenvalue weighted by Crippen LogP contribution is 2.07. The third-order valence-electron chi connectivity index (χ3n) is 1.87. The molecule has 0 fully saturated rings. The zero-order valence-corrected chi connectivity index (χ0v) is 9.07. The molecule has 0 saturated carbocycles. The quantitative estimate of drug-likeness (QED) is 0.754. The smallest absolute Gasteiger partial charge is 0.213 e. The largest absolute Gasteiger partial charge is 0.388 e. The Bertz CT molecular complexity index is 467. The molecule has 2 rings (SSSR count). The Kier molecular flexibility index (Phi) is 3.06. The van der Waals surface area contributed by atoms with Gasteiger partial charge < -0.3 is 15.6 Å². The molecule has 0 unspecified atom stereocenters. The van der Waals surface area contributed by atoms with E-state index in [2.05, 4.69) is 25.0 Å². The summed E-state index contributed by atoms with van der Waals surface area (Å²) in [6, 6.07) is 3.59. The van der Waals surface area contributed by atoms with Crippen LogP contribution in [0.2, 0.25) is 0 Å². The van der Waals surface area contributed by atoms with Gasteiger partial charge in [-0.15, -0.1) is 0 Å². The molecule has 0 bridgehead atoms. The zero-order valence-electron chi connectivity index (χ0n) is 8.25. The summed E-state index contributed by atoms with van der Waals surface area (Å²) in [5.74, 6) is 0.582. The average Bonchev–Trinajstić information content (AvgIpc) is 2.80. The van der Waals surface area contributed by atoms with Gasteiger partial charge in [0.25, 0.3) is 0 Å². The van der Waals surface area contributed by atoms with Crippen molar-refractivity contribution >= 4 is 22.9 Å². The standard InChI is InChI=1S/C9H9N5OS/c10-9(16)7-2-1-6(3-12-7)11-4-8-13-5-15-14-8/h1-3,5,11H,4H2,(H2,10,16). The van der Waals surface area contributed by atoms with E-state index in [1.165, 1.54) is 6.39 Å². The first-order chi connectivity index (χ1) is 7.75. The Morgan fingerprint density at radius 3 is 2.88 bits per heavy atom. The maximum absolute atomic E-state index is 5.43. The minimum absolute atomic E-state index is 0.282. The predicted octanol–water partition coefficient (Wildman–Crippen LogP) is 0.711. The number of hydrogen-bond donors (Lipinski definition) is 2. The molecular formula is C9H9N5OS. The summed E-state index contributed by atoms with van der Waals surface area (Å²) < 4.78 is 4.60. The van der Waals surface area contributed by atoms with Crippen LogP contribution in [-0.2, 0) is 6.54 Å². The van der Waals surface area contributed by atoms with E-state index < -0.39 is 0 Å².